The average molecular weight is 168 g/mol. The van der Waals surface area contributed by atoms with Crippen molar-refractivity contribution < 1.29 is 9.53 Å². The molecule has 2 atom stereocenters. The Hall–Kier alpha value is -0.610. The summed E-state index contributed by atoms with van der Waals surface area (Å²) in [5, 5.41) is 3.32. The molecule has 4 nitrogen and oxygen atoms in total. The molecule has 0 aromatic carbocycles. The van der Waals surface area contributed by atoms with E-state index in [-0.39, 0.29) is 17.7 Å². The van der Waals surface area contributed by atoms with Gasteiger partial charge in [0.2, 0.25) is 5.91 Å². The number of carbonyl (C=O) groups excluding carboxylic acids is 1. The van der Waals surface area contributed by atoms with E-state index in [1.165, 1.54) is 0 Å². The van der Waals surface area contributed by atoms with E-state index >= 15 is 0 Å². The summed E-state index contributed by atoms with van der Waals surface area (Å²) in [6.45, 7) is 2.48. The molecule has 3 aliphatic rings. The second-order valence-corrected chi connectivity index (χ2v) is 3.70. The van der Waals surface area contributed by atoms with Crippen molar-refractivity contribution in [2.75, 3.05) is 19.7 Å². The number of amides is 1. The first kappa shape index (κ1) is 6.86. The van der Waals surface area contributed by atoms with Gasteiger partial charge in [0, 0.05) is 25.9 Å². The number of hydrogen-bond donors (Lipinski definition) is 1. The summed E-state index contributed by atoms with van der Waals surface area (Å²) < 4.78 is 5.70. The molecule has 1 amide bonds. The van der Waals surface area contributed by atoms with E-state index in [1.54, 1.807) is 0 Å². The van der Waals surface area contributed by atoms with Crippen LogP contribution < -0.4 is 5.32 Å². The number of carbonyl (C=O) groups is 1. The topological polar surface area (TPSA) is 41.6 Å². The predicted molar refractivity (Wildman–Crippen MR) is 41.4 cm³/mol. The Kier molecular flexibility index (Phi) is 1.14. The van der Waals surface area contributed by atoms with Crippen LogP contribution in [-0.4, -0.2) is 42.3 Å². The van der Waals surface area contributed by atoms with Crippen LogP contribution in [0, 0.1) is 0 Å². The minimum absolute atomic E-state index is 0.239. The smallest absolute Gasteiger partial charge is 0.226 e. The highest BCUT2D eigenvalue weighted by molar-refractivity contribution is 5.81. The Morgan fingerprint density at radius 1 is 1.67 bits per heavy atom. The van der Waals surface area contributed by atoms with Crippen LogP contribution in [0.4, 0.5) is 0 Å². The van der Waals surface area contributed by atoms with Gasteiger partial charge in [0.05, 0.1) is 12.6 Å². The summed E-state index contributed by atoms with van der Waals surface area (Å²) in [7, 11) is 0. The highest BCUT2D eigenvalue weighted by Gasteiger charge is 2.58. The SMILES string of the molecule is O=C1CC2NCCC23OCCN13. The van der Waals surface area contributed by atoms with Crippen LogP contribution >= 0.6 is 0 Å². The molecule has 0 bridgehead atoms. The third-order valence-electron chi connectivity index (χ3n) is 3.22. The quantitative estimate of drug-likeness (QED) is 0.520. The van der Waals surface area contributed by atoms with E-state index in [0.29, 0.717) is 13.0 Å². The number of hydrogen-bond acceptors (Lipinski definition) is 3. The second-order valence-electron chi connectivity index (χ2n) is 3.70. The highest BCUT2D eigenvalue weighted by atomic mass is 16.5. The van der Waals surface area contributed by atoms with E-state index < -0.39 is 0 Å². The average Bonchev–Trinajstić information content (AvgIpc) is 2.63. The molecule has 66 valence electrons. The predicted octanol–water partition coefficient (Wildman–Crippen LogP) is -0.693. The summed E-state index contributed by atoms with van der Waals surface area (Å²) >= 11 is 0. The monoisotopic (exact) mass is 168 g/mol. The maximum absolute atomic E-state index is 11.5. The molecule has 0 saturated carbocycles. The fraction of sp³-hybridized carbons (Fsp3) is 0.875. The molecular formula is C8H12N2O2. The molecule has 3 heterocycles. The van der Waals surface area contributed by atoms with Crippen molar-refractivity contribution in [3.05, 3.63) is 0 Å². The van der Waals surface area contributed by atoms with Crippen LogP contribution in [0.2, 0.25) is 0 Å². The van der Waals surface area contributed by atoms with E-state index in [4.69, 9.17) is 4.74 Å². The van der Waals surface area contributed by atoms with Crippen LogP contribution in [0.5, 0.6) is 0 Å². The number of nitrogens with one attached hydrogen (secondary N) is 1. The van der Waals surface area contributed by atoms with E-state index in [1.807, 2.05) is 4.90 Å². The van der Waals surface area contributed by atoms with Gasteiger partial charge in [-0.05, 0) is 0 Å². The molecule has 3 aliphatic heterocycles. The van der Waals surface area contributed by atoms with Gasteiger partial charge in [-0.15, -0.1) is 0 Å². The molecule has 0 aromatic heterocycles. The molecule has 0 aromatic rings. The summed E-state index contributed by atoms with van der Waals surface area (Å²) in [6.07, 6.45) is 1.59. The van der Waals surface area contributed by atoms with Crippen molar-refractivity contribution in [2.24, 2.45) is 0 Å². The van der Waals surface area contributed by atoms with Crippen LogP contribution in [-0.2, 0) is 9.53 Å². The van der Waals surface area contributed by atoms with Crippen molar-refractivity contribution in [3.8, 4) is 0 Å². The Morgan fingerprint density at radius 3 is 3.50 bits per heavy atom. The summed E-state index contributed by atoms with van der Waals surface area (Å²) in [6, 6.07) is 0.257. The third-order valence-corrected chi connectivity index (χ3v) is 3.22. The first-order valence-corrected chi connectivity index (χ1v) is 4.51. The van der Waals surface area contributed by atoms with Gasteiger partial charge in [-0.1, -0.05) is 0 Å². The largest absolute Gasteiger partial charge is 0.352 e. The first-order valence-electron chi connectivity index (χ1n) is 4.51. The fourth-order valence-corrected chi connectivity index (χ4v) is 2.69. The third kappa shape index (κ3) is 0.593. The minimum Gasteiger partial charge on any atom is -0.352 e. The van der Waals surface area contributed by atoms with Crippen molar-refractivity contribution in [2.45, 2.75) is 24.6 Å². The molecule has 1 N–H and O–H groups in total. The number of nitrogens with zero attached hydrogens (tertiary/aromatic N) is 1. The van der Waals surface area contributed by atoms with Crippen molar-refractivity contribution >= 4 is 5.91 Å². The second kappa shape index (κ2) is 2.00. The molecular weight excluding hydrogens is 156 g/mol. The van der Waals surface area contributed by atoms with Crippen LogP contribution in [0.1, 0.15) is 12.8 Å². The number of ether oxygens (including phenoxy) is 1. The zero-order valence-electron chi connectivity index (χ0n) is 6.88. The lowest BCUT2D eigenvalue weighted by Gasteiger charge is -2.29. The van der Waals surface area contributed by atoms with Crippen molar-refractivity contribution in [3.63, 3.8) is 0 Å². The lowest BCUT2D eigenvalue weighted by atomic mass is 10.1. The van der Waals surface area contributed by atoms with Gasteiger partial charge in [0.15, 0.2) is 5.72 Å². The molecule has 3 rings (SSSR count). The Labute approximate surface area is 70.9 Å². The van der Waals surface area contributed by atoms with Crippen molar-refractivity contribution in [1.82, 2.24) is 10.2 Å². The lowest BCUT2D eigenvalue weighted by molar-refractivity contribution is -0.136. The van der Waals surface area contributed by atoms with Gasteiger partial charge in [0.1, 0.15) is 0 Å². The van der Waals surface area contributed by atoms with Gasteiger partial charge in [-0.3, -0.25) is 4.79 Å². The van der Waals surface area contributed by atoms with Crippen LogP contribution in [0.3, 0.4) is 0 Å². The summed E-state index contributed by atoms with van der Waals surface area (Å²) in [5.41, 5.74) is -0.239. The van der Waals surface area contributed by atoms with Crippen LogP contribution in [0.25, 0.3) is 0 Å². The molecule has 0 aliphatic carbocycles. The van der Waals surface area contributed by atoms with E-state index in [2.05, 4.69) is 5.32 Å². The Balaban J connectivity index is 2.03. The van der Waals surface area contributed by atoms with Gasteiger partial charge >= 0.3 is 0 Å². The van der Waals surface area contributed by atoms with Crippen molar-refractivity contribution in [1.29, 1.82) is 0 Å². The zero-order chi connectivity index (χ0) is 8.18. The van der Waals surface area contributed by atoms with Crippen LogP contribution in [0.15, 0.2) is 0 Å². The molecule has 1 spiro atoms. The van der Waals surface area contributed by atoms with Gasteiger partial charge in [-0.2, -0.15) is 0 Å². The standard InChI is InChI=1S/C8H12N2O2/c11-7-5-6-8(1-2-9-6)10(7)3-4-12-8/h6,9H,1-5H2. The fourth-order valence-electron chi connectivity index (χ4n) is 2.69. The first-order chi connectivity index (χ1) is 5.83. The lowest BCUT2D eigenvalue weighted by Crippen LogP contribution is -2.46. The van der Waals surface area contributed by atoms with Gasteiger partial charge in [0.25, 0.3) is 0 Å². The van der Waals surface area contributed by atoms with E-state index in [9.17, 15) is 4.79 Å². The molecule has 12 heavy (non-hydrogen) atoms. The highest BCUT2D eigenvalue weighted by Crippen LogP contribution is 2.40. The Bertz CT molecular complexity index is 239. The number of rotatable bonds is 0. The summed E-state index contributed by atoms with van der Waals surface area (Å²) in [4.78, 5) is 13.4. The molecule has 3 fully saturated rings. The molecule has 0 radical (unpaired) electrons. The van der Waals surface area contributed by atoms with Gasteiger partial charge < -0.3 is 15.0 Å². The summed E-state index contributed by atoms with van der Waals surface area (Å²) in [5.74, 6) is 0.254. The molecule has 2 unspecified atom stereocenters. The Morgan fingerprint density at radius 2 is 2.58 bits per heavy atom. The maximum Gasteiger partial charge on any atom is 0.226 e. The molecule has 4 heteroatoms. The zero-order valence-corrected chi connectivity index (χ0v) is 6.88. The molecule has 3 saturated heterocycles. The minimum atomic E-state index is -0.239. The maximum atomic E-state index is 11.5. The van der Waals surface area contributed by atoms with Gasteiger partial charge in [-0.25, -0.2) is 0 Å². The normalized spacial score (nSPS) is 45.2. The van der Waals surface area contributed by atoms with E-state index in [0.717, 1.165) is 19.5 Å².